The van der Waals surface area contributed by atoms with E-state index in [1.54, 1.807) is 0 Å². The van der Waals surface area contributed by atoms with Crippen molar-refractivity contribution in [3.05, 3.63) is 0 Å². The summed E-state index contributed by atoms with van der Waals surface area (Å²) in [4.78, 5) is 2.45. The van der Waals surface area contributed by atoms with Gasteiger partial charge in [0.15, 0.2) is 11.1 Å². The van der Waals surface area contributed by atoms with Crippen molar-refractivity contribution in [3.63, 3.8) is 0 Å². The maximum Gasteiger partial charge on any atom is 0.183 e. The molecule has 3 atom stereocenters. The van der Waals surface area contributed by atoms with E-state index in [0.717, 1.165) is 51.3 Å². The zero-order valence-electron chi connectivity index (χ0n) is 21.6. The van der Waals surface area contributed by atoms with Gasteiger partial charge in [0.05, 0.1) is 0 Å². The monoisotopic (exact) mass is 483 g/mol. The van der Waals surface area contributed by atoms with Crippen LogP contribution in [0.15, 0.2) is 0 Å². The van der Waals surface area contributed by atoms with Gasteiger partial charge < -0.3 is 23.7 Å². The SMILES string of the molecule is CCCOC(C)N(CCPC(CC)(OCC)OCC)CCPC(CC)(OCC)OCC. The molecule has 3 unspecified atom stereocenters. The van der Waals surface area contributed by atoms with Crippen LogP contribution in [0.5, 0.6) is 0 Å². The number of ether oxygens (including phenoxy) is 5. The lowest BCUT2D eigenvalue weighted by molar-refractivity contribution is -0.169. The summed E-state index contributed by atoms with van der Waals surface area (Å²) < 4.78 is 30.2. The van der Waals surface area contributed by atoms with Gasteiger partial charge >= 0.3 is 0 Å². The zero-order valence-corrected chi connectivity index (χ0v) is 23.6. The summed E-state index contributed by atoms with van der Waals surface area (Å²) in [5.41, 5.74) is -0.878. The lowest BCUT2D eigenvalue weighted by Gasteiger charge is -2.35. The van der Waals surface area contributed by atoms with Crippen molar-refractivity contribution >= 4 is 17.2 Å². The maximum absolute atomic E-state index is 6.07. The first-order chi connectivity index (χ1) is 14.9. The topological polar surface area (TPSA) is 49.4 Å². The highest BCUT2D eigenvalue weighted by Gasteiger charge is 2.31. The van der Waals surface area contributed by atoms with Crippen molar-refractivity contribution in [2.45, 2.75) is 91.9 Å². The zero-order chi connectivity index (χ0) is 23.6. The van der Waals surface area contributed by atoms with E-state index in [9.17, 15) is 0 Å². The van der Waals surface area contributed by atoms with Gasteiger partial charge in [0.25, 0.3) is 0 Å². The standard InChI is InChI=1S/C23H51NO5P2/c1-9-18-25-21(8)24(16-19-30-22(10-2,26-12-4)27-13-5)17-20-31-23(11-3,28-14-6)29-15-7/h21,30-31H,9-20H2,1-8H3. The van der Waals surface area contributed by atoms with E-state index >= 15 is 0 Å². The predicted molar refractivity (Wildman–Crippen MR) is 136 cm³/mol. The summed E-state index contributed by atoms with van der Waals surface area (Å²) in [6.45, 7) is 22.2. The Kier molecular flexibility index (Phi) is 19.4. The van der Waals surface area contributed by atoms with Crippen LogP contribution < -0.4 is 0 Å². The van der Waals surface area contributed by atoms with Gasteiger partial charge in [-0.1, -0.05) is 37.9 Å². The third kappa shape index (κ3) is 12.6. The fourth-order valence-electron chi connectivity index (χ4n) is 3.53. The maximum atomic E-state index is 6.07. The molecule has 0 saturated carbocycles. The Morgan fingerprint density at radius 1 is 0.677 bits per heavy atom. The minimum atomic E-state index is -0.439. The summed E-state index contributed by atoms with van der Waals surface area (Å²) in [6, 6.07) is 0. The summed E-state index contributed by atoms with van der Waals surface area (Å²) in [7, 11) is 1.20. The number of hydrogen-bond donors (Lipinski definition) is 0. The normalized spacial score (nSPS) is 14.6. The molecule has 0 aromatic rings. The Balaban J connectivity index is 4.98. The van der Waals surface area contributed by atoms with Gasteiger partial charge in [0.2, 0.25) is 0 Å². The van der Waals surface area contributed by atoms with E-state index in [0.29, 0.717) is 43.6 Å². The number of hydrogen-bond acceptors (Lipinski definition) is 6. The summed E-state index contributed by atoms with van der Waals surface area (Å²) in [5.74, 6) is 0. The van der Waals surface area contributed by atoms with E-state index in [2.05, 4.69) is 32.6 Å². The Labute approximate surface area is 196 Å². The molecule has 0 aromatic heterocycles. The highest BCUT2D eigenvalue weighted by molar-refractivity contribution is 7.39. The molecule has 0 fully saturated rings. The van der Waals surface area contributed by atoms with Gasteiger partial charge in [-0.05, 0) is 53.4 Å². The minimum absolute atomic E-state index is 0.0972. The van der Waals surface area contributed by atoms with Crippen molar-refractivity contribution in [2.75, 3.05) is 58.4 Å². The Bertz CT molecular complexity index is 375. The number of nitrogens with zero attached hydrogens (tertiary/aromatic N) is 1. The van der Waals surface area contributed by atoms with Crippen molar-refractivity contribution < 1.29 is 23.7 Å². The molecule has 8 heteroatoms. The van der Waals surface area contributed by atoms with Crippen LogP contribution in [0.3, 0.4) is 0 Å². The van der Waals surface area contributed by atoms with Crippen molar-refractivity contribution in [2.24, 2.45) is 0 Å². The van der Waals surface area contributed by atoms with Gasteiger partial charge in [0.1, 0.15) is 6.23 Å². The molecule has 0 heterocycles. The first-order valence-corrected chi connectivity index (χ1v) is 14.7. The molecule has 188 valence electrons. The molecule has 0 aromatic carbocycles. The van der Waals surface area contributed by atoms with Crippen LogP contribution in [0.1, 0.15) is 74.7 Å². The lowest BCUT2D eigenvalue weighted by atomic mass is 10.4. The lowest BCUT2D eigenvalue weighted by Crippen LogP contribution is -2.40. The smallest absolute Gasteiger partial charge is 0.183 e. The second-order valence-electron chi connectivity index (χ2n) is 7.30. The quantitative estimate of drug-likeness (QED) is 0.146. The minimum Gasteiger partial charge on any atom is -0.363 e. The molecule has 6 nitrogen and oxygen atoms in total. The second-order valence-corrected chi connectivity index (χ2v) is 10.5. The van der Waals surface area contributed by atoms with Crippen LogP contribution in [-0.4, -0.2) is 80.6 Å². The molecule has 0 N–H and O–H groups in total. The molecule has 0 radical (unpaired) electrons. The molecule has 0 amide bonds. The molecule has 0 bridgehead atoms. The first-order valence-electron chi connectivity index (χ1n) is 12.3. The largest absolute Gasteiger partial charge is 0.363 e. The molecule has 0 rings (SSSR count). The van der Waals surface area contributed by atoms with Gasteiger partial charge in [-0.3, -0.25) is 4.90 Å². The van der Waals surface area contributed by atoms with Gasteiger partial charge in [-0.2, -0.15) is 0 Å². The van der Waals surface area contributed by atoms with Crippen molar-refractivity contribution in [3.8, 4) is 0 Å². The second kappa shape index (κ2) is 19.0. The fourth-order valence-corrected chi connectivity index (χ4v) is 6.57. The van der Waals surface area contributed by atoms with Gasteiger partial charge in [0, 0.05) is 59.0 Å². The molecule has 31 heavy (non-hydrogen) atoms. The fraction of sp³-hybridized carbons (Fsp3) is 1.00. The van der Waals surface area contributed by atoms with E-state index in [4.69, 9.17) is 23.7 Å². The molecule has 0 aliphatic carbocycles. The summed E-state index contributed by atoms with van der Waals surface area (Å²) in [5, 5.41) is 0. The highest BCUT2D eigenvalue weighted by Crippen LogP contribution is 2.39. The van der Waals surface area contributed by atoms with Gasteiger partial charge in [-0.15, -0.1) is 0 Å². The predicted octanol–water partition coefficient (Wildman–Crippen LogP) is 5.69. The van der Waals surface area contributed by atoms with Crippen LogP contribution in [0, 0.1) is 0 Å². The van der Waals surface area contributed by atoms with Crippen molar-refractivity contribution in [1.29, 1.82) is 0 Å². The van der Waals surface area contributed by atoms with Crippen LogP contribution in [-0.2, 0) is 23.7 Å². The van der Waals surface area contributed by atoms with E-state index in [1.807, 2.05) is 27.7 Å². The van der Waals surface area contributed by atoms with Crippen LogP contribution in [0.25, 0.3) is 0 Å². The molecule has 0 spiro atoms. The third-order valence-electron chi connectivity index (χ3n) is 5.10. The molecular formula is C23H51NO5P2. The van der Waals surface area contributed by atoms with Crippen LogP contribution >= 0.6 is 17.2 Å². The molecule has 0 aliphatic rings. The van der Waals surface area contributed by atoms with E-state index in [-0.39, 0.29) is 6.23 Å². The average Bonchev–Trinajstić information content (AvgIpc) is 2.76. The molecule has 0 saturated heterocycles. The number of rotatable bonds is 22. The van der Waals surface area contributed by atoms with Crippen LogP contribution in [0.2, 0.25) is 0 Å². The van der Waals surface area contributed by atoms with Crippen molar-refractivity contribution in [1.82, 2.24) is 4.90 Å². The van der Waals surface area contributed by atoms with Gasteiger partial charge in [-0.25, -0.2) is 0 Å². The Morgan fingerprint density at radius 3 is 1.35 bits per heavy atom. The highest BCUT2D eigenvalue weighted by atomic mass is 31.1. The third-order valence-corrected chi connectivity index (χ3v) is 8.41. The average molecular weight is 484 g/mol. The Morgan fingerprint density at radius 2 is 1.06 bits per heavy atom. The first kappa shape index (κ1) is 31.6. The molecule has 0 aliphatic heterocycles. The Hall–Kier alpha value is 0.620. The summed E-state index contributed by atoms with van der Waals surface area (Å²) in [6.07, 6.45) is 4.94. The van der Waals surface area contributed by atoms with E-state index in [1.165, 1.54) is 0 Å². The van der Waals surface area contributed by atoms with E-state index < -0.39 is 11.1 Å². The summed E-state index contributed by atoms with van der Waals surface area (Å²) >= 11 is 0. The van der Waals surface area contributed by atoms with Crippen LogP contribution in [0.4, 0.5) is 0 Å². The molecular weight excluding hydrogens is 432 g/mol.